The standard InChI is InChI=1S/C18H35NO4S.K/c1-2-3-4-5-6-7-8-9-10-11-12-13-14-15-16-24(22,23)19-17-18(20)21;/h15-16,19H,2-14,17H2,1H3,(H,20,21);/q;+1/p-1/b16-15+;. The fourth-order valence-corrected chi connectivity index (χ4v) is 3.31. The van der Waals surface area contributed by atoms with Crippen molar-refractivity contribution in [3.63, 3.8) is 0 Å². The van der Waals surface area contributed by atoms with Crippen LogP contribution >= 0.6 is 0 Å². The van der Waals surface area contributed by atoms with Crippen LogP contribution in [0.4, 0.5) is 0 Å². The molecule has 142 valence electrons. The molecule has 0 saturated heterocycles. The number of hydrogen-bond donors (Lipinski definition) is 1. The Morgan fingerprint density at radius 3 is 1.76 bits per heavy atom. The second-order valence-electron chi connectivity index (χ2n) is 6.29. The van der Waals surface area contributed by atoms with Gasteiger partial charge in [0.15, 0.2) is 0 Å². The van der Waals surface area contributed by atoms with E-state index in [1.807, 2.05) is 4.72 Å². The van der Waals surface area contributed by atoms with Gasteiger partial charge in [-0.1, -0.05) is 83.6 Å². The summed E-state index contributed by atoms with van der Waals surface area (Å²) in [5, 5.41) is 11.2. The molecule has 0 aliphatic carbocycles. The van der Waals surface area contributed by atoms with Crippen molar-refractivity contribution in [1.29, 1.82) is 0 Å². The van der Waals surface area contributed by atoms with Crippen LogP contribution in [0.1, 0.15) is 90.4 Å². The number of aliphatic carboxylic acids is 1. The normalized spacial score (nSPS) is 11.6. The summed E-state index contributed by atoms with van der Waals surface area (Å²) < 4.78 is 24.7. The van der Waals surface area contributed by atoms with Crippen molar-refractivity contribution in [2.75, 3.05) is 6.54 Å². The van der Waals surface area contributed by atoms with Crippen molar-refractivity contribution in [2.45, 2.75) is 90.4 Å². The SMILES string of the molecule is CCCCCCCCCCCCCC/C=C/S(=O)(=O)NCC(=O)[O-].[K+]. The third kappa shape index (κ3) is 22.7. The van der Waals surface area contributed by atoms with E-state index in [9.17, 15) is 18.3 Å². The maximum absolute atomic E-state index is 11.4. The minimum Gasteiger partial charge on any atom is -0.549 e. The molecular weight excluding hydrogens is 365 g/mol. The predicted molar refractivity (Wildman–Crippen MR) is 96.8 cm³/mol. The van der Waals surface area contributed by atoms with E-state index in [1.165, 1.54) is 64.2 Å². The van der Waals surface area contributed by atoms with Crippen LogP contribution in [0.3, 0.4) is 0 Å². The molecule has 0 aromatic carbocycles. The van der Waals surface area contributed by atoms with Gasteiger partial charge in [0, 0.05) is 5.41 Å². The second-order valence-corrected chi connectivity index (χ2v) is 7.94. The van der Waals surface area contributed by atoms with Crippen molar-refractivity contribution in [3.05, 3.63) is 11.5 Å². The van der Waals surface area contributed by atoms with Gasteiger partial charge in [-0.2, -0.15) is 0 Å². The topological polar surface area (TPSA) is 86.3 Å². The summed E-state index contributed by atoms with van der Waals surface area (Å²) in [4.78, 5) is 10.2. The molecule has 0 heterocycles. The van der Waals surface area contributed by atoms with Gasteiger partial charge in [0.2, 0.25) is 10.0 Å². The Bertz CT molecular complexity index is 438. The zero-order chi connectivity index (χ0) is 18.1. The molecule has 0 spiro atoms. The third-order valence-corrected chi connectivity index (χ3v) is 5.01. The maximum Gasteiger partial charge on any atom is 1.00 e. The van der Waals surface area contributed by atoms with Crippen LogP contribution in [0.25, 0.3) is 0 Å². The molecule has 0 atom stereocenters. The predicted octanol–water partition coefficient (Wildman–Crippen LogP) is 0.265. The number of nitrogens with one attached hydrogen (secondary N) is 1. The van der Waals surface area contributed by atoms with E-state index in [0.29, 0.717) is 6.42 Å². The van der Waals surface area contributed by atoms with Crippen LogP contribution in [0.5, 0.6) is 0 Å². The molecule has 0 amide bonds. The van der Waals surface area contributed by atoms with E-state index in [0.717, 1.165) is 18.2 Å². The van der Waals surface area contributed by atoms with Crippen molar-refractivity contribution in [3.8, 4) is 0 Å². The van der Waals surface area contributed by atoms with Crippen LogP contribution in [0.2, 0.25) is 0 Å². The monoisotopic (exact) mass is 399 g/mol. The van der Waals surface area contributed by atoms with Gasteiger partial charge in [-0.05, 0) is 12.8 Å². The first-order chi connectivity index (χ1) is 11.5. The summed E-state index contributed by atoms with van der Waals surface area (Å²) in [6, 6.07) is 0. The molecule has 0 bridgehead atoms. The van der Waals surface area contributed by atoms with Gasteiger partial charge < -0.3 is 9.90 Å². The van der Waals surface area contributed by atoms with Gasteiger partial charge in [0.25, 0.3) is 0 Å². The summed E-state index contributed by atoms with van der Waals surface area (Å²) in [5.74, 6) is -1.44. The van der Waals surface area contributed by atoms with E-state index in [2.05, 4.69) is 6.92 Å². The van der Waals surface area contributed by atoms with Crippen molar-refractivity contribution in [2.24, 2.45) is 0 Å². The zero-order valence-corrected chi connectivity index (χ0v) is 20.0. The number of carboxylic acids is 1. The molecule has 7 heteroatoms. The van der Waals surface area contributed by atoms with Gasteiger partial charge in [0.05, 0.1) is 12.5 Å². The number of rotatable bonds is 17. The average Bonchev–Trinajstić information content (AvgIpc) is 2.53. The Labute approximate surface area is 196 Å². The Hall–Kier alpha value is 0.756. The molecule has 0 unspecified atom stereocenters. The number of hydrogen-bond acceptors (Lipinski definition) is 4. The first kappa shape index (κ1) is 28.0. The Kier molecular flexibility index (Phi) is 21.8. The number of carboxylic acid groups (broad SMARTS) is 1. The largest absolute Gasteiger partial charge is 1.00 e. The minimum absolute atomic E-state index is 0. The van der Waals surface area contributed by atoms with Crippen molar-refractivity contribution >= 4 is 16.0 Å². The Morgan fingerprint density at radius 1 is 0.880 bits per heavy atom. The minimum atomic E-state index is -3.64. The molecule has 0 saturated carbocycles. The number of sulfonamides is 1. The smallest absolute Gasteiger partial charge is 0.549 e. The van der Waals surface area contributed by atoms with Crippen molar-refractivity contribution in [1.82, 2.24) is 4.72 Å². The van der Waals surface area contributed by atoms with E-state index < -0.39 is 22.5 Å². The van der Waals surface area contributed by atoms with E-state index >= 15 is 0 Å². The third-order valence-electron chi connectivity index (χ3n) is 3.92. The van der Waals surface area contributed by atoms with Crippen LogP contribution in [-0.4, -0.2) is 20.9 Å². The molecule has 0 rings (SSSR count). The first-order valence-electron chi connectivity index (χ1n) is 9.34. The van der Waals surface area contributed by atoms with Crippen LogP contribution < -0.4 is 61.2 Å². The molecule has 0 radical (unpaired) electrons. The van der Waals surface area contributed by atoms with Crippen LogP contribution in [-0.2, 0) is 14.8 Å². The zero-order valence-electron chi connectivity index (χ0n) is 16.1. The van der Waals surface area contributed by atoms with Gasteiger partial charge in [-0.15, -0.1) is 0 Å². The summed E-state index contributed by atoms with van der Waals surface area (Å²) in [6.07, 6.45) is 17.6. The molecule has 0 aromatic heterocycles. The fourth-order valence-electron chi connectivity index (χ4n) is 2.51. The fraction of sp³-hybridized carbons (Fsp3) is 0.833. The average molecular weight is 400 g/mol. The summed E-state index contributed by atoms with van der Waals surface area (Å²) >= 11 is 0. The Morgan fingerprint density at radius 2 is 1.32 bits per heavy atom. The molecule has 0 aromatic rings. The molecule has 1 N–H and O–H groups in total. The second kappa shape index (κ2) is 19.5. The number of carbonyl (C=O) groups is 1. The molecule has 0 aliphatic rings. The molecule has 0 aliphatic heterocycles. The quantitative estimate of drug-likeness (QED) is 0.281. The van der Waals surface area contributed by atoms with Crippen molar-refractivity contribution < 1.29 is 69.7 Å². The van der Waals surface area contributed by atoms with E-state index in [-0.39, 0.29) is 51.4 Å². The van der Waals surface area contributed by atoms with E-state index in [4.69, 9.17) is 0 Å². The molecule has 5 nitrogen and oxygen atoms in total. The van der Waals surface area contributed by atoms with Gasteiger partial charge in [0.1, 0.15) is 0 Å². The van der Waals surface area contributed by atoms with E-state index in [1.54, 1.807) is 6.08 Å². The number of carbonyl (C=O) groups excluding carboxylic acids is 1. The first-order valence-corrected chi connectivity index (χ1v) is 10.9. The summed E-state index contributed by atoms with van der Waals surface area (Å²) in [6.45, 7) is 1.55. The van der Waals surface area contributed by atoms with Gasteiger partial charge >= 0.3 is 51.4 Å². The summed E-state index contributed by atoms with van der Waals surface area (Å²) in [7, 11) is -3.64. The summed E-state index contributed by atoms with van der Waals surface area (Å²) in [5.41, 5.74) is 0. The molecule has 25 heavy (non-hydrogen) atoms. The van der Waals surface area contributed by atoms with Crippen LogP contribution in [0.15, 0.2) is 11.5 Å². The Balaban J connectivity index is 0. The molecule has 0 fully saturated rings. The number of allylic oxidation sites excluding steroid dienone is 1. The van der Waals surface area contributed by atoms with Crippen LogP contribution in [0, 0.1) is 0 Å². The number of unbranched alkanes of at least 4 members (excludes halogenated alkanes) is 12. The van der Waals surface area contributed by atoms with Gasteiger partial charge in [-0.3, -0.25) is 0 Å². The molecular formula is C18H34KNO4S. The maximum atomic E-state index is 11.4. The van der Waals surface area contributed by atoms with Gasteiger partial charge in [-0.25, -0.2) is 13.1 Å².